The highest BCUT2D eigenvalue weighted by molar-refractivity contribution is 6.17. The van der Waals surface area contributed by atoms with Crippen molar-refractivity contribution in [3.63, 3.8) is 0 Å². The van der Waals surface area contributed by atoms with Crippen LogP contribution in [0.5, 0.6) is 0 Å². The van der Waals surface area contributed by atoms with Gasteiger partial charge in [-0.3, -0.25) is 0 Å². The number of quaternary nitrogens is 1. The van der Waals surface area contributed by atoms with E-state index in [0.717, 1.165) is 5.88 Å². The molecule has 0 amide bonds. The van der Waals surface area contributed by atoms with Crippen LogP contribution in [0.1, 0.15) is 71.6 Å². The molecule has 0 heterocycles. The molecule has 0 bridgehead atoms. The van der Waals surface area contributed by atoms with Gasteiger partial charge in [-0.2, -0.15) is 0 Å². The molecule has 17 heavy (non-hydrogen) atoms. The van der Waals surface area contributed by atoms with Crippen molar-refractivity contribution in [3.8, 4) is 0 Å². The number of unbranched alkanes of at least 4 members (excludes halogenated alkanes) is 6. The maximum Gasteiger partial charge on any atom is 0.0782 e. The van der Waals surface area contributed by atoms with E-state index in [4.69, 9.17) is 11.6 Å². The standard InChI is InChI=1S/C15H32ClN/c1-3-5-7-9-13-17(15-11-12-16)14-10-8-6-4-2/h3-15H2,1-2H3/p+1. The molecule has 0 saturated heterocycles. The SMILES string of the molecule is CCCCCC[NH+](CCCCl)CCCCCC. The number of nitrogens with one attached hydrogen (secondary N) is 1. The van der Waals surface area contributed by atoms with Crippen molar-refractivity contribution in [2.24, 2.45) is 0 Å². The lowest BCUT2D eigenvalue weighted by molar-refractivity contribution is -0.900. The van der Waals surface area contributed by atoms with Crippen LogP contribution in [0, 0.1) is 0 Å². The van der Waals surface area contributed by atoms with Crippen molar-refractivity contribution >= 4 is 11.6 Å². The second-order valence-corrected chi connectivity index (χ2v) is 5.54. The van der Waals surface area contributed by atoms with Crippen molar-refractivity contribution in [2.75, 3.05) is 25.5 Å². The largest absolute Gasteiger partial charge is 0.335 e. The fourth-order valence-corrected chi connectivity index (χ4v) is 2.43. The lowest BCUT2D eigenvalue weighted by Gasteiger charge is -2.19. The molecule has 0 aliphatic rings. The van der Waals surface area contributed by atoms with E-state index in [2.05, 4.69) is 13.8 Å². The van der Waals surface area contributed by atoms with Gasteiger partial charge in [-0.25, -0.2) is 0 Å². The quantitative estimate of drug-likeness (QED) is 0.382. The summed E-state index contributed by atoms with van der Waals surface area (Å²) in [4.78, 5) is 1.79. The molecule has 104 valence electrons. The maximum absolute atomic E-state index is 5.80. The van der Waals surface area contributed by atoms with E-state index >= 15 is 0 Å². The summed E-state index contributed by atoms with van der Waals surface area (Å²) in [6.07, 6.45) is 12.3. The first-order valence-electron chi connectivity index (χ1n) is 7.74. The summed E-state index contributed by atoms with van der Waals surface area (Å²) in [5, 5.41) is 0. The second kappa shape index (κ2) is 14.3. The van der Waals surface area contributed by atoms with E-state index in [1.165, 1.54) is 77.4 Å². The van der Waals surface area contributed by atoms with E-state index in [1.54, 1.807) is 4.90 Å². The first kappa shape index (κ1) is 17.2. The minimum atomic E-state index is 0.827. The Balaban J connectivity index is 3.56. The van der Waals surface area contributed by atoms with Gasteiger partial charge in [-0.05, 0) is 25.7 Å². The Labute approximate surface area is 114 Å². The lowest BCUT2D eigenvalue weighted by Crippen LogP contribution is -3.12. The Hall–Kier alpha value is 0.250. The summed E-state index contributed by atoms with van der Waals surface area (Å²) in [5.74, 6) is 0.827. The van der Waals surface area contributed by atoms with Crippen LogP contribution < -0.4 is 4.90 Å². The number of halogens is 1. The molecule has 1 N–H and O–H groups in total. The van der Waals surface area contributed by atoms with Crippen LogP contribution in [0.15, 0.2) is 0 Å². The average molecular weight is 263 g/mol. The van der Waals surface area contributed by atoms with Crippen molar-refractivity contribution in [1.29, 1.82) is 0 Å². The van der Waals surface area contributed by atoms with Crippen LogP contribution in [0.3, 0.4) is 0 Å². The predicted molar refractivity (Wildman–Crippen MR) is 79.2 cm³/mol. The fourth-order valence-electron chi connectivity index (χ4n) is 2.30. The van der Waals surface area contributed by atoms with Gasteiger partial charge in [-0.15, -0.1) is 11.6 Å². The van der Waals surface area contributed by atoms with Crippen LogP contribution in [-0.2, 0) is 0 Å². The third-order valence-corrected chi connectivity index (χ3v) is 3.70. The van der Waals surface area contributed by atoms with E-state index < -0.39 is 0 Å². The van der Waals surface area contributed by atoms with Crippen LogP contribution >= 0.6 is 11.6 Å². The number of hydrogen-bond donors (Lipinski definition) is 1. The Bertz CT molecular complexity index is 127. The molecular weight excluding hydrogens is 230 g/mol. The Morgan fingerprint density at radius 1 is 0.647 bits per heavy atom. The molecule has 0 aromatic heterocycles. The molecule has 0 unspecified atom stereocenters. The van der Waals surface area contributed by atoms with Gasteiger partial charge >= 0.3 is 0 Å². The molecule has 0 spiro atoms. The Kier molecular flexibility index (Phi) is 14.5. The van der Waals surface area contributed by atoms with Crippen molar-refractivity contribution in [1.82, 2.24) is 0 Å². The molecule has 0 rings (SSSR count). The zero-order chi connectivity index (χ0) is 12.8. The highest BCUT2D eigenvalue weighted by atomic mass is 35.5. The number of hydrogen-bond acceptors (Lipinski definition) is 0. The van der Waals surface area contributed by atoms with Crippen molar-refractivity contribution in [3.05, 3.63) is 0 Å². The van der Waals surface area contributed by atoms with E-state index in [-0.39, 0.29) is 0 Å². The first-order chi connectivity index (χ1) is 8.35. The third kappa shape index (κ3) is 12.5. The zero-order valence-corrected chi connectivity index (χ0v) is 12.8. The van der Waals surface area contributed by atoms with Crippen LogP contribution in [0.2, 0.25) is 0 Å². The van der Waals surface area contributed by atoms with E-state index in [9.17, 15) is 0 Å². The molecule has 0 aromatic carbocycles. The highest BCUT2D eigenvalue weighted by Gasteiger charge is 2.07. The topological polar surface area (TPSA) is 4.44 Å². The third-order valence-electron chi connectivity index (χ3n) is 3.43. The van der Waals surface area contributed by atoms with Gasteiger partial charge in [0.1, 0.15) is 0 Å². The van der Waals surface area contributed by atoms with Gasteiger partial charge in [0.2, 0.25) is 0 Å². The van der Waals surface area contributed by atoms with Crippen molar-refractivity contribution in [2.45, 2.75) is 71.6 Å². The molecule has 2 heteroatoms. The molecule has 0 radical (unpaired) electrons. The molecule has 0 aliphatic carbocycles. The second-order valence-electron chi connectivity index (χ2n) is 5.16. The summed E-state index contributed by atoms with van der Waals surface area (Å²) in [7, 11) is 0. The summed E-state index contributed by atoms with van der Waals surface area (Å²) in [5.41, 5.74) is 0. The Morgan fingerprint density at radius 3 is 1.53 bits per heavy atom. The summed E-state index contributed by atoms with van der Waals surface area (Å²) < 4.78 is 0. The van der Waals surface area contributed by atoms with Gasteiger partial charge in [-0.1, -0.05) is 39.5 Å². The average Bonchev–Trinajstić information content (AvgIpc) is 2.35. The molecule has 1 nitrogen and oxygen atoms in total. The molecule has 0 saturated carbocycles. The molecule has 0 aromatic rings. The van der Waals surface area contributed by atoms with Gasteiger partial charge in [0.25, 0.3) is 0 Å². The molecular formula is C15H33ClN+. The lowest BCUT2D eigenvalue weighted by atomic mass is 10.1. The Morgan fingerprint density at radius 2 is 1.12 bits per heavy atom. The van der Waals surface area contributed by atoms with Crippen LogP contribution in [-0.4, -0.2) is 25.5 Å². The minimum absolute atomic E-state index is 0.827. The highest BCUT2D eigenvalue weighted by Crippen LogP contribution is 1.98. The smallest absolute Gasteiger partial charge is 0.0782 e. The first-order valence-corrected chi connectivity index (χ1v) is 8.28. The summed E-state index contributed by atoms with van der Waals surface area (Å²) >= 11 is 5.80. The minimum Gasteiger partial charge on any atom is -0.335 e. The zero-order valence-electron chi connectivity index (χ0n) is 12.1. The monoisotopic (exact) mass is 262 g/mol. The van der Waals surface area contributed by atoms with E-state index in [0.29, 0.717) is 0 Å². The van der Waals surface area contributed by atoms with Gasteiger partial charge < -0.3 is 4.90 Å². The summed E-state index contributed by atoms with van der Waals surface area (Å²) in [6, 6.07) is 0. The summed E-state index contributed by atoms with van der Waals surface area (Å²) in [6.45, 7) is 8.57. The van der Waals surface area contributed by atoms with Gasteiger partial charge in [0, 0.05) is 12.3 Å². The predicted octanol–water partition coefficient (Wildman–Crippen LogP) is 3.66. The molecule has 0 aliphatic heterocycles. The normalized spacial score (nSPS) is 11.3. The van der Waals surface area contributed by atoms with Crippen molar-refractivity contribution < 1.29 is 4.90 Å². The fraction of sp³-hybridized carbons (Fsp3) is 1.00. The molecule has 0 atom stereocenters. The van der Waals surface area contributed by atoms with Gasteiger partial charge in [0.05, 0.1) is 19.6 Å². The van der Waals surface area contributed by atoms with E-state index in [1.807, 2.05) is 0 Å². The number of alkyl halides is 1. The van der Waals surface area contributed by atoms with Crippen LogP contribution in [0.4, 0.5) is 0 Å². The van der Waals surface area contributed by atoms with Crippen LogP contribution in [0.25, 0.3) is 0 Å². The molecule has 0 fully saturated rings. The maximum atomic E-state index is 5.80. The van der Waals surface area contributed by atoms with Gasteiger partial charge in [0.15, 0.2) is 0 Å². The number of rotatable bonds is 13.